The van der Waals surface area contributed by atoms with Gasteiger partial charge in [-0.15, -0.1) is 0 Å². The van der Waals surface area contributed by atoms with Crippen LogP contribution >= 0.6 is 0 Å². The molecule has 15 heavy (non-hydrogen) atoms. The minimum atomic E-state index is -1.28. The van der Waals surface area contributed by atoms with Crippen molar-refractivity contribution in [1.29, 1.82) is 0 Å². The molecule has 0 bridgehead atoms. The van der Waals surface area contributed by atoms with Crippen LogP contribution in [-0.2, 0) is 0 Å². The van der Waals surface area contributed by atoms with E-state index < -0.39 is 11.9 Å². The lowest BCUT2D eigenvalue weighted by Gasteiger charge is -2.07. The maximum atomic E-state index is 10.8. The number of carboxylic acid groups (broad SMARTS) is 2. The monoisotopic (exact) mass is 209 g/mol. The zero-order valence-electron chi connectivity index (χ0n) is 8.39. The van der Waals surface area contributed by atoms with Crippen LogP contribution in [0.25, 0.3) is 0 Å². The first-order valence-corrected chi connectivity index (χ1v) is 4.40. The van der Waals surface area contributed by atoms with Gasteiger partial charge < -0.3 is 10.2 Å². The van der Waals surface area contributed by atoms with Gasteiger partial charge in [0.2, 0.25) is 0 Å². The Kier molecular flexibility index (Phi) is 3.04. The minimum absolute atomic E-state index is 0.0611. The van der Waals surface area contributed by atoms with Gasteiger partial charge in [0.1, 0.15) is 0 Å². The van der Waals surface area contributed by atoms with E-state index in [0.717, 1.165) is 6.20 Å². The Bertz CT molecular complexity index is 412. The molecule has 0 radical (unpaired) electrons. The Morgan fingerprint density at radius 3 is 2.13 bits per heavy atom. The number of hydrogen-bond acceptors (Lipinski definition) is 3. The number of hydrogen-bond donors (Lipinski definition) is 2. The molecule has 0 spiro atoms. The zero-order valence-corrected chi connectivity index (χ0v) is 8.39. The van der Waals surface area contributed by atoms with Gasteiger partial charge in [-0.1, -0.05) is 13.8 Å². The van der Waals surface area contributed by atoms with Crippen LogP contribution in [0.2, 0.25) is 0 Å². The summed E-state index contributed by atoms with van der Waals surface area (Å²) in [4.78, 5) is 25.4. The smallest absolute Gasteiger partial charge is 0.338 e. The third-order valence-electron chi connectivity index (χ3n) is 1.98. The standard InChI is InChI=1S/C10H11NO4/c1-5(2)8-3-6(9(12)13)7(4-11-8)10(14)15/h3-5H,1-2H3,(H,12,13)(H,14,15). The van der Waals surface area contributed by atoms with E-state index in [-0.39, 0.29) is 17.0 Å². The second-order valence-corrected chi connectivity index (χ2v) is 3.42. The van der Waals surface area contributed by atoms with Crippen LogP contribution < -0.4 is 0 Å². The lowest BCUT2D eigenvalue weighted by Crippen LogP contribution is -2.10. The number of nitrogens with zero attached hydrogens (tertiary/aromatic N) is 1. The molecular weight excluding hydrogens is 198 g/mol. The molecule has 0 saturated heterocycles. The first-order valence-electron chi connectivity index (χ1n) is 4.40. The molecule has 0 atom stereocenters. The van der Waals surface area contributed by atoms with Gasteiger partial charge in [-0.2, -0.15) is 0 Å². The van der Waals surface area contributed by atoms with Gasteiger partial charge in [0.15, 0.2) is 0 Å². The molecular formula is C10H11NO4. The molecule has 5 nitrogen and oxygen atoms in total. The summed E-state index contributed by atoms with van der Waals surface area (Å²) >= 11 is 0. The second kappa shape index (κ2) is 4.08. The summed E-state index contributed by atoms with van der Waals surface area (Å²) in [6, 6.07) is 1.30. The van der Waals surface area contributed by atoms with Gasteiger partial charge in [-0.25, -0.2) is 9.59 Å². The van der Waals surface area contributed by atoms with Crippen molar-refractivity contribution in [1.82, 2.24) is 4.98 Å². The molecule has 0 fully saturated rings. The van der Waals surface area contributed by atoms with Crippen LogP contribution in [0, 0.1) is 0 Å². The average Bonchev–Trinajstić information content (AvgIpc) is 2.16. The fraction of sp³-hybridized carbons (Fsp3) is 0.300. The maximum absolute atomic E-state index is 10.8. The number of carbonyl (C=O) groups is 2. The van der Waals surface area contributed by atoms with E-state index in [9.17, 15) is 9.59 Å². The number of pyridine rings is 1. The molecule has 1 heterocycles. The summed E-state index contributed by atoms with van der Waals surface area (Å²) in [5, 5.41) is 17.6. The quantitative estimate of drug-likeness (QED) is 0.789. The molecule has 0 aliphatic heterocycles. The lowest BCUT2D eigenvalue weighted by molar-refractivity contribution is 0.0651. The van der Waals surface area contributed by atoms with Gasteiger partial charge >= 0.3 is 11.9 Å². The van der Waals surface area contributed by atoms with E-state index in [2.05, 4.69) is 4.98 Å². The predicted molar refractivity (Wildman–Crippen MR) is 52.2 cm³/mol. The molecule has 0 unspecified atom stereocenters. The molecule has 1 aromatic rings. The normalized spacial score (nSPS) is 10.3. The Hall–Kier alpha value is -1.91. The van der Waals surface area contributed by atoms with Crippen LogP contribution in [0.4, 0.5) is 0 Å². The highest BCUT2D eigenvalue weighted by Gasteiger charge is 2.17. The molecule has 0 saturated carbocycles. The molecule has 0 aromatic carbocycles. The Morgan fingerprint density at radius 1 is 1.20 bits per heavy atom. The summed E-state index contributed by atoms with van der Waals surface area (Å²) in [6.07, 6.45) is 1.08. The number of aromatic nitrogens is 1. The number of rotatable bonds is 3. The largest absolute Gasteiger partial charge is 0.478 e. The van der Waals surface area contributed by atoms with Crippen LogP contribution in [0.1, 0.15) is 46.2 Å². The van der Waals surface area contributed by atoms with E-state index in [4.69, 9.17) is 10.2 Å². The van der Waals surface area contributed by atoms with E-state index in [1.54, 1.807) is 0 Å². The van der Waals surface area contributed by atoms with Gasteiger partial charge in [0.05, 0.1) is 11.1 Å². The zero-order chi connectivity index (χ0) is 11.6. The highest BCUT2D eigenvalue weighted by molar-refractivity contribution is 6.01. The van der Waals surface area contributed by atoms with Crippen molar-refractivity contribution in [3.05, 3.63) is 29.1 Å². The van der Waals surface area contributed by atoms with E-state index in [0.29, 0.717) is 5.69 Å². The van der Waals surface area contributed by atoms with Crippen molar-refractivity contribution < 1.29 is 19.8 Å². The third kappa shape index (κ3) is 2.31. The first kappa shape index (κ1) is 11.2. The SMILES string of the molecule is CC(C)c1cc(C(=O)O)c(C(=O)O)cn1. The van der Waals surface area contributed by atoms with E-state index in [1.807, 2.05) is 13.8 Å². The number of aromatic carboxylic acids is 2. The maximum Gasteiger partial charge on any atom is 0.338 e. The molecule has 1 rings (SSSR count). The summed E-state index contributed by atoms with van der Waals surface area (Å²) in [7, 11) is 0. The van der Waals surface area contributed by atoms with Crippen LogP contribution in [0.5, 0.6) is 0 Å². The third-order valence-corrected chi connectivity index (χ3v) is 1.98. The Labute approximate surface area is 86.4 Å². The summed E-state index contributed by atoms with van der Waals surface area (Å²) in [5.74, 6) is -2.47. The average molecular weight is 209 g/mol. The highest BCUT2D eigenvalue weighted by Crippen LogP contribution is 2.16. The van der Waals surface area contributed by atoms with Gasteiger partial charge in [0.25, 0.3) is 0 Å². The van der Waals surface area contributed by atoms with Crippen molar-refractivity contribution >= 4 is 11.9 Å². The van der Waals surface area contributed by atoms with Crippen LogP contribution in [0.3, 0.4) is 0 Å². The fourth-order valence-corrected chi connectivity index (χ4v) is 1.13. The Balaban J connectivity index is 3.33. The lowest BCUT2D eigenvalue weighted by atomic mass is 10.0. The summed E-state index contributed by atoms with van der Waals surface area (Å²) in [5.41, 5.74) is 0.0606. The van der Waals surface area contributed by atoms with Crippen molar-refractivity contribution in [3.8, 4) is 0 Å². The fourth-order valence-electron chi connectivity index (χ4n) is 1.13. The van der Waals surface area contributed by atoms with Gasteiger partial charge in [-0.05, 0) is 12.0 Å². The van der Waals surface area contributed by atoms with Crippen molar-refractivity contribution in [2.75, 3.05) is 0 Å². The first-order chi connectivity index (χ1) is 6.93. The minimum Gasteiger partial charge on any atom is -0.478 e. The van der Waals surface area contributed by atoms with Gasteiger partial charge in [0, 0.05) is 11.9 Å². The highest BCUT2D eigenvalue weighted by atomic mass is 16.4. The van der Waals surface area contributed by atoms with Crippen molar-refractivity contribution in [2.24, 2.45) is 0 Å². The molecule has 5 heteroatoms. The second-order valence-electron chi connectivity index (χ2n) is 3.42. The molecule has 80 valence electrons. The molecule has 0 amide bonds. The summed E-state index contributed by atoms with van der Waals surface area (Å²) in [6.45, 7) is 3.71. The van der Waals surface area contributed by atoms with E-state index in [1.165, 1.54) is 6.07 Å². The van der Waals surface area contributed by atoms with E-state index >= 15 is 0 Å². The van der Waals surface area contributed by atoms with Crippen LogP contribution in [-0.4, -0.2) is 27.1 Å². The topological polar surface area (TPSA) is 87.5 Å². The molecule has 0 aliphatic carbocycles. The van der Waals surface area contributed by atoms with Crippen molar-refractivity contribution in [3.63, 3.8) is 0 Å². The van der Waals surface area contributed by atoms with Crippen molar-refractivity contribution in [2.45, 2.75) is 19.8 Å². The predicted octanol–water partition coefficient (Wildman–Crippen LogP) is 1.60. The molecule has 1 aromatic heterocycles. The molecule has 2 N–H and O–H groups in total. The Morgan fingerprint density at radius 2 is 1.73 bits per heavy atom. The summed E-state index contributed by atoms with van der Waals surface area (Å²) < 4.78 is 0. The van der Waals surface area contributed by atoms with Crippen LogP contribution in [0.15, 0.2) is 12.3 Å². The van der Waals surface area contributed by atoms with Gasteiger partial charge in [-0.3, -0.25) is 4.98 Å². The molecule has 0 aliphatic rings. The number of carboxylic acids is 2.